The van der Waals surface area contributed by atoms with E-state index in [2.05, 4.69) is 65.8 Å². The molecule has 1 aliphatic rings. The predicted molar refractivity (Wildman–Crippen MR) is 180 cm³/mol. The lowest BCUT2D eigenvalue weighted by atomic mass is 9.95. The fraction of sp³-hybridized carbons (Fsp3) is 0.219. The van der Waals surface area contributed by atoms with E-state index < -0.39 is 23.9 Å². The molecule has 3 aromatic carbocycles. The zero-order valence-electron chi connectivity index (χ0n) is 25.0. The number of rotatable bonds is 12. The SMILES string of the molecule is CCOC(=O)C1=C(C)NC(=O)N[C@H]1c1ccc(OCC(=O)N/N=C\c2cc(Br)c(OCc3ccccc3C#N)c(I)c2)c(OC)c1. The Kier molecular flexibility index (Phi) is 12.0. The van der Waals surface area contributed by atoms with Crippen LogP contribution in [-0.4, -0.2) is 44.4 Å². The molecular weight excluding hydrogens is 773 g/mol. The summed E-state index contributed by atoms with van der Waals surface area (Å²) < 4.78 is 23.8. The van der Waals surface area contributed by atoms with Gasteiger partial charge in [0.15, 0.2) is 18.1 Å². The molecule has 0 aromatic heterocycles. The second kappa shape index (κ2) is 16.1. The number of halogens is 2. The van der Waals surface area contributed by atoms with Crippen LogP contribution < -0.4 is 30.3 Å². The van der Waals surface area contributed by atoms with Gasteiger partial charge in [-0.05, 0) is 93.8 Å². The number of carbonyl (C=O) groups is 3. The Morgan fingerprint density at radius 2 is 1.93 bits per heavy atom. The van der Waals surface area contributed by atoms with E-state index in [0.717, 1.165) is 9.13 Å². The Morgan fingerprint density at radius 1 is 1.15 bits per heavy atom. The van der Waals surface area contributed by atoms with Crippen LogP contribution in [0.1, 0.15) is 42.1 Å². The number of carbonyl (C=O) groups excluding carboxylic acids is 3. The first-order valence-corrected chi connectivity index (χ1v) is 15.7. The molecular formula is C32H29BrIN5O7. The zero-order chi connectivity index (χ0) is 33.2. The number of benzene rings is 3. The highest BCUT2D eigenvalue weighted by atomic mass is 127. The number of nitriles is 1. The van der Waals surface area contributed by atoms with Gasteiger partial charge in [0.05, 0.1) is 51.2 Å². The van der Waals surface area contributed by atoms with Gasteiger partial charge in [0.2, 0.25) is 0 Å². The van der Waals surface area contributed by atoms with Gasteiger partial charge in [0, 0.05) is 11.3 Å². The summed E-state index contributed by atoms with van der Waals surface area (Å²) in [7, 11) is 1.44. The fourth-order valence-corrected chi connectivity index (χ4v) is 6.23. The normalized spacial score (nSPS) is 14.2. The molecule has 1 atom stereocenters. The highest BCUT2D eigenvalue weighted by molar-refractivity contribution is 14.1. The standard InChI is InChI=1S/C32H29BrIN5O7/c1-4-44-31(41)28-18(2)37-32(42)38-29(28)20-9-10-25(26(13-20)43-3)45-17-27(40)39-36-15-19-11-23(33)30(24(34)12-19)46-16-22-8-6-5-7-21(22)14-35/h5-13,15,29H,4,16-17H2,1-3H3,(H,39,40)(H2,37,38,42)/b36-15-/t29-/m0/s1. The molecule has 0 bridgehead atoms. The molecule has 4 rings (SSSR count). The molecule has 0 aliphatic carbocycles. The van der Waals surface area contributed by atoms with Crippen LogP contribution in [0.25, 0.3) is 0 Å². The first-order valence-electron chi connectivity index (χ1n) is 13.8. The molecule has 1 aliphatic heterocycles. The van der Waals surface area contributed by atoms with Crippen LogP contribution in [0.2, 0.25) is 0 Å². The molecule has 14 heteroatoms. The fourth-order valence-electron chi connectivity index (χ4n) is 4.46. The third-order valence-electron chi connectivity index (χ3n) is 6.58. The lowest BCUT2D eigenvalue weighted by molar-refractivity contribution is -0.139. The molecule has 238 valence electrons. The molecule has 0 radical (unpaired) electrons. The second-order valence-corrected chi connectivity index (χ2v) is 11.7. The van der Waals surface area contributed by atoms with Crippen LogP contribution in [0, 0.1) is 14.9 Å². The Hall–Kier alpha value is -4.62. The zero-order valence-corrected chi connectivity index (χ0v) is 28.7. The number of hydrogen-bond donors (Lipinski definition) is 3. The number of allylic oxidation sites excluding steroid dienone is 1. The predicted octanol–water partition coefficient (Wildman–Crippen LogP) is 5.23. The summed E-state index contributed by atoms with van der Waals surface area (Å²) in [6, 6.07) is 16.6. The van der Waals surface area contributed by atoms with E-state index in [1.165, 1.54) is 13.3 Å². The highest BCUT2D eigenvalue weighted by Gasteiger charge is 2.32. The average molecular weight is 802 g/mol. The van der Waals surface area contributed by atoms with Crippen molar-refractivity contribution >= 4 is 62.6 Å². The lowest BCUT2D eigenvalue weighted by Gasteiger charge is -2.28. The molecule has 3 amide bonds. The molecule has 0 saturated carbocycles. The smallest absolute Gasteiger partial charge is 0.338 e. The summed E-state index contributed by atoms with van der Waals surface area (Å²) >= 11 is 5.66. The second-order valence-electron chi connectivity index (χ2n) is 9.65. The topological polar surface area (TPSA) is 160 Å². The number of nitrogens with zero attached hydrogens (tertiary/aromatic N) is 2. The molecule has 0 fully saturated rings. The first-order chi connectivity index (χ1) is 22.1. The largest absolute Gasteiger partial charge is 0.493 e. The van der Waals surface area contributed by atoms with E-state index >= 15 is 0 Å². The van der Waals surface area contributed by atoms with Crippen molar-refractivity contribution in [2.45, 2.75) is 26.5 Å². The Bertz CT molecular complexity index is 1730. The lowest BCUT2D eigenvalue weighted by Crippen LogP contribution is -2.45. The van der Waals surface area contributed by atoms with Crippen LogP contribution in [0.3, 0.4) is 0 Å². The molecule has 0 spiro atoms. The molecule has 0 saturated heterocycles. The quantitative estimate of drug-likeness (QED) is 0.0972. The van der Waals surface area contributed by atoms with E-state index in [1.807, 2.05) is 18.2 Å². The Labute approximate surface area is 287 Å². The van der Waals surface area contributed by atoms with Crippen LogP contribution in [0.5, 0.6) is 17.2 Å². The van der Waals surface area contributed by atoms with Crippen molar-refractivity contribution in [3.8, 4) is 23.3 Å². The van der Waals surface area contributed by atoms with E-state index in [1.54, 1.807) is 50.2 Å². The summed E-state index contributed by atoms with van der Waals surface area (Å²) in [4.78, 5) is 37.3. The number of methoxy groups -OCH3 is 1. The van der Waals surface area contributed by atoms with Crippen molar-refractivity contribution in [3.05, 3.63) is 96.2 Å². The molecule has 0 unspecified atom stereocenters. The summed E-state index contributed by atoms with van der Waals surface area (Å²) in [5.74, 6) is 0.115. The van der Waals surface area contributed by atoms with Gasteiger partial charge in [-0.25, -0.2) is 15.0 Å². The van der Waals surface area contributed by atoms with Gasteiger partial charge < -0.3 is 29.6 Å². The van der Waals surface area contributed by atoms with E-state index in [4.69, 9.17) is 18.9 Å². The van der Waals surface area contributed by atoms with Crippen LogP contribution in [-0.2, 0) is 20.9 Å². The molecule has 3 aromatic rings. The van der Waals surface area contributed by atoms with Gasteiger partial charge in [-0.15, -0.1) is 0 Å². The van der Waals surface area contributed by atoms with Crippen molar-refractivity contribution < 1.29 is 33.3 Å². The van der Waals surface area contributed by atoms with Crippen molar-refractivity contribution in [3.63, 3.8) is 0 Å². The van der Waals surface area contributed by atoms with Gasteiger partial charge in [-0.2, -0.15) is 10.4 Å². The highest BCUT2D eigenvalue weighted by Crippen LogP contribution is 2.35. The third kappa shape index (κ3) is 8.55. The van der Waals surface area contributed by atoms with Crippen molar-refractivity contribution in [2.75, 3.05) is 20.3 Å². The number of nitrogens with one attached hydrogen (secondary N) is 3. The van der Waals surface area contributed by atoms with Gasteiger partial charge >= 0.3 is 12.0 Å². The summed E-state index contributed by atoms with van der Waals surface area (Å²) in [6.45, 7) is 3.37. The van der Waals surface area contributed by atoms with Gasteiger partial charge in [-0.3, -0.25) is 4.79 Å². The van der Waals surface area contributed by atoms with Crippen molar-refractivity contribution in [1.29, 1.82) is 5.26 Å². The van der Waals surface area contributed by atoms with Crippen LogP contribution in [0.15, 0.2) is 75.4 Å². The number of esters is 1. The minimum Gasteiger partial charge on any atom is -0.493 e. The molecule has 3 N–H and O–H groups in total. The minimum atomic E-state index is -0.780. The van der Waals surface area contributed by atoms with E-state index in [-0.39, 0.29) is 31.1 Å². The monoisotopic (exact) mass is 801 g/mol. The summed E-state index contributed by atoms with van der Waals surface area (Å²) in [6.07, 6.45) is 1.49. The maximum atomic E-state index is 12.6. The average Bonchev–Trinajstić information content (AvgIpc) is 3.03. The van der Waals surface area contributed by atoms with Crippen LogP contribution in [0.4, 0.5) is 4.79 Å². The Balaban J connectivity index is 1.36. The van der Waals surface area contributed by atoms with Crippen molar-refractivity contribution in [2.24, 2.45) is 5.10 Å². The number of urea groups is 1. The van der Waals surface area contributed by atoms with E-state index in [0.29, 0.717) is 38.4 Å². The Morgan fingerprint density at radius 3 is 2.65 bits per heavy atom. The van der Waals surface area contributed by atoms with Crippen molar-refractivity contribution in [1.82, 2.24) is 16.1 Å². The van der Waals surface area contributed by atoms with Crippen LogP contribution >= 0.6 is 38.5 Å². The summed E-state index contributed by atoms with van der Waals surface area (Å²) in [5, 5.41) is 18.6. The third-order valence-corrected chi connectivity index (χ3v) is 7.97. The first kappa shape index (κ1) is 34.3. The van der Waals surface area contributed by atoms with Gasteiger partial charge in [0.25, 0.3) is 5.91 Å². The van der Waals surface area contributed by atoms with Gasteiger partial charge in [0.1, 0.15) is 12.4 Å². The summed E-state index contributed by atoms with van der Waals surface area (Å²) in [5.41, 5.74) is 5.67. The maximum absolute atomic E-state index is 12.6. The molecule has 1 heterocycles. The molecule has 46 heavy (non-hydrogen) atoms. The number of hydrazone groups is 1. The minimum absolute atomic E-state index is 0.178. The number of hydrogen-bond acceptors (Lipinski definition) is 9. The maximum Gasteiger partial charge on any atom is 0.338 e. The number of amides is 3. The number of ether oxygens (including phenoxy) is 4. The van der Waals surface area contributed by atoms with Gasteiger partial charge in [-0.1, -0.05) is 24.3 Å². The van der Waals surface area contributed by atoms with E-state index in [9.17, 15) is 19.6 Å². The molecule has 12 nitrogen and oxygen atoms in total.